The maximum atomic E-state index is 12.2. The minimum atomic E-state index is -0.542. The van der Waals surface area contributed by atoms with Crippen LogP contribution in [0, 0.1) is 10.1 Å². The van der Waals surface area contributed by atoms with Crippen molar-refractivity contribution in [1.82, 2.24) is 10.2 Å². The summed E-state index contributed by atoms with van der Waals surface area (Å²) < 4.78 is 11.4. The third kappa shape index (κ3) is 5.31. The van der Waals surface area contributed by atoms with Gasteiger partial charge in [0.25, 0.3) is 11.6 Å². The minimum absolute atomic E-state index is 0.0966. The Kier molecular flexibility index (Phi) is 6.47. The van der Waals surface area contributed by atoms with Gasteiger partial charge in [0.2, 0.25) is 11.0 Å². The maximum Gasteiger partial charge on any atom is 0.269 e. The van der Waals surface area contributed by atoms with Gasteiger partial charge in [0.05, 0.1) is 10.7 Å². The van der Waals surface area contributed by atoms with Crippen molar-refractivity contribution in [3.05, 3.63) is 58.1 Å². The Bertz CT molecular complexity index is 1170. The number of nitrogens with zero attached hydrogens (tertiary/aromatic N) is 3. The lowest BCUT2D eigenvalue weighted by molar-refractivity contribution is -0.384. The van der Waals surface area contributed by atoms with Crippen LogP contribution in [0.1, 0.15) is 10.4 Å². The Hall–Kier alpha value is -3.71. The monoisotopic (exact) mass is 473 g/mol. The number of non-ortho nitro benzene ring substituents is 1. The molecule has 4 rings (SSSR count). The number of nitrogens with one attached hydrogen (secondary N) is 2. The fourth-order valence-electron chi connectivity index (χ4n) is 2.67. The molecule has 13 heteroatoms. The number of ether oxygens (including phenoxy) is 2. The molecular weight excluding hydrogens is 458 g/mol. The average Bonchev–Trinajstić information content (AvgIpc) is 3.25. The van der Waals surface area contributed by atoms with Gasteiger partial charge in [-0.2, -0.15) is 0 Å². The zero-order chi connectivity index (χ0) is 22.5. The lowest BCUT2D eigenvalue weighted by Gasteiger charge is -2.18. The molecule has 2 heterocycles. The smallest absolute Gasteiger partial charge is 0.269 e. The summed E-state index contributed by atoms with van der Waals surface area (Å²) in [5.74, 6) is 0.613. The predicted molar refractivity (Wildman–Crippen MR) is 118 cm³/mol. The van der Waals surface area contributed by atoms with Crippen molar-refractivity contribution in [1.29, 1.82) is 0 Å². The lowest BCUT2D eigenvalue weighted by atomic mass is 10.2. The van der Waals surface area contributed by atoms with E-state index in [-0.39, 0.29) is 28.0 Å². The van der Waals surface area contributed by atoms with Crippen LogP contribution >= 0.6 is 23.1 Å². The molecule has 32 heavy (non-hydrogen) atoms. The predicted octanol–water partition coefficient (Wildman–Crippen LogP) is 3.20. The summed E-state index contributed by atoms with van der Waals surface area (Å²) in [6, 6.07) is 10.4. The second-order valence-electron chi connectivity index (χ2n) is 6.33. The third-order valence-electron chi connectivity index (χ3n) is 4.12. The van der Waals surface area contributed by atoms with E-state index in [2.05, 4.69) is 20.8 Å². The minimum Gasteiger partial charge on any atom is -0.486 e. The van der Waals surface area contributed by atoms with E-state index in [0.717, 1.165) is 11.3 Å². The molecule has 0 unspecified atom stereocenters. The summed E-state index contributed by atoms with van der Waals surface area (Å²) in [4.78, 5) is 34.6. The molecule has 0 atom stereocenters. The van der Waals surface area contributed by atoms with Crippen LogP contribution < -0.4 is 20.1 Å². The second-order valence-corrected chi connectivity index (χ2v) is 8.53. The number of nitro groups is 1. The summed E-state index contributed by atoms with van der Waals surface area (Å²) >= 11 is 2.29. The molecule has 3 aromatic rings. The molecule has 0 aliphatic carbocycles. The summed E-state index contributed by atoms with van der Waals surface area (Å²) in [7, 11) is 0. The third-order valence-corrected chi connectivity index (χ3v) is 6.09. The van der Waals surface area contributed by atoms with Crippen LogP contribution in [0.25, 0.3) is 0 Å². The number of aromatic nitrogens is 2. The molecule has 164 valence electrons. The number of carbonyl (C=O) groups is 2. The van der Waals surface area contributed by atoms with Gasteiger partial charge < -0.3 is 14.8 Å². The van der Waals surface area contributed by atoms with Crippen molar-refractivity contribution in [2.45, 2.75) is 4.34 Å². The number of thioether (sulfide) groups is 1. The number of rotatable bonds is 7. The largest absolute Gasteiger partial charge is 0.486 e. The second kappa shape index (κ2) is 9.62. The highest BCUT2D eigenvalue weighted by Gasteiger charge is 2.15. The van der Waals surface area contributed by atoms with Gasteiger partial charge in [0.15, 0.2) is 15.8 Å². The molecular formula is C19H15N5O6S2. The molecule has 0 saturated heterocycles. The first-order chi connectivity index (χ1) is 15.5. The molecule has 0 radical (unpaired) electrons. The fraction of sp³-hybridized carbons (Fsp3) is 0.158. The van der Waals surface area contributed by atoms with Crippen LogP contribution in [0.4, 0.5) is 16.5 Å². The van der Waals surface area contributed by atoms with Gasteiger partial charge in [0, 0.05) is 29.4 Å². The highest BCUT2D eigenvalue weighted by molar-refractivity contribution is 8.01. The van der Waals surface area contributed by atoms with Crippen molar-refractivity contribution in [2.24, 2.45) is 0 Å². The summed E-state index contributed by atoms with van der Waals surface area (Å²) in [6.45, 7) is 0.952. The Labute approximate surface area is 189 Å². The number of carbonyl (C=O) groups excluding carboxylic acids is 2. The number of nitro benzene ring substituents is 1. The number of hydrogen-bond acceptors (Lipinski definition) is 10. The van der Waals surface area contributed by atoms with E-state index in [9.17, 15) is 19.7 Å². The molecule has 11 nitrogen and oxygen atoms in total. The van der Waals surface area contributed by atoms with Gasteiger partial charge in [-0.3, -0.25) is 25.0 Å². The Balaban J connectivity index is 1.28. The number of anilines is 2. The highest BCUT2D eigenvalue weighted by atomic mass is 32.2. The molecule has 2 N–H and O–H groups in total. The Morgan fingerprint density at radius 2 is 1.81 bits per heavy atom. The number of fused-ring (bicyclic) bond motifs is 1. The van der Waals surface area contributed by atoms with Crippen LogP contribution in [0.2, 0.25) is 0 Å². The number of amides is 2. The van der Waals surface area contributed by atoms with Gasteiger partial charge in [-0.25, -0.2) is 0 Å². The lowest BCUT2D eigenvalue weighted by Crippen LogP contribution is -2.17. The van der Waals surface area contributed by atoms with E-state index < -0.39 is 10.8 Å². The molecule has 0 saturated carbocycles. The molecule has 0 bridgehead atoms. The number of benzene rings is 2. The molecule has 2 aromatic carbocycles. The summed E-state index contributed by atoms with van der Waals surface area (Å²) in [5.41, 5.74) is 0.734. The Morgan fingerprint density at radius 1 is 1.06 bits per heavy atom. The van der Waals surface area contributed by atoms with E-state index in [1.54, 1.807) is 18.2 Å². The number of hydrogen-bond donors (Lipinski definition) is 2. The fourth-order valence-corrected chi connectivity index (χ4v) is 4.21. The van der Waals surface area contributed by atoms with Crippen molar-refractivity contribution in [2.75, 3.05) is 29.6 Å². The molecule has 1 aliphatic heterocycles. The van der Waals surface area contributed by atoms with Crippen molar-refractivity contribution < 1.29 is 24.0 Å². The zero-order valence-corrected chi connectivity index (χ0v) is 17.9. The van der Waals surface area contributed by atoms with E-state index >= 15 is 0 Å². The van der Waals surface area contributed by atoms with Gasteiger partial charge in [-0.05, 0) is 24.3 Å². The molecule has 0 fully saturated rings. The zero-order valence-electron chi connectivity index (χ0n) is 16.3. The van der Waals surface area contributed by atoms with E-state index in [4.69, 9.17) is 9.47 Å². The van der Waals surface area contributed by atoms with Crippen molar-refractivity contribution >= 4 is 51.4 Å². The van der Waals surface area contributed by atoms with Crippen molar-refractivity contribution in [3.63, 3.8) is 0 Å². The van der Waals surface area contributed by atoms with Gasteiger partial charge in [-0.1, -0.05) is 23.1 Å². The van der Waals surface area contributed by atoms with Crippen LogP contribution in [0.5, 0.6) is 11.5 Å². The maximum absolute atomic E-state index is 12.2. The molecule has 0 spiro atoms. The van der Waals surface area contributed by atoms with E-state index in [0.29, 0.717) is 34.7 Å². The molecule has 1 aromatic heterocycles. The summed E-state index contributed by atoms with van der Waals surface area (Å²) in [6.07, 6.45) is 0. The first-order valence-corrected chi connectivity index (χ1v) is 11.0. The van der Waals surface area contributed by atoms with Gasteiger partial charge in [-0.15, -0.1) is 10.2 Å². The first-order valence-electron chi connectivity index (χ1n) is 9.19. The Morgan fingerprint density at radius 3 is 2.56 bits per heavy atom. The molecule has 2 amide bonds. The normalized spacial score (nSPS) is 12.1. The van der Waals surface area contributed by atoms with Crippen LogP contribution in [-0.4, -0.2) is 45.9 Å². The van der Waals surface area contributed by atoms with Crippen LogP contribution in [0.3, 0.4) is 0 Å². The topological polar surface area (TPSA) is 146 Å². The summed E-state index contributed by atoms with van der Waals surface area (Å²) in [5, 5.41) is 24.1. The standard InChI is InChI=1S/C19H15N5O6S2/c25-16(20-12-3-6-14-15(9-12)30-8-7-29-14)10-31-19-23-22-18(32-19)21-17(26)11-1-4-13(5-2-11)24(27)28/h1-6,9H,7-8,10H2,(H,20,25)(H,21,22,26). The SMILES string of the molecule is O=C(CSc1nnc(NC(=O)c2ccc([N+](=O)[O-])cc2)s1)Nc1ccc2c(c1)OCCO2. The van der Waals surface area contributed by atoms with E-state index in [1.165, 1.54) is 36.0 Å². The average molecular weight is 473 g/mol. The quantitative estimate of drug-likeness (QED) is 0.229. The highest BCUT2D eigenvalue weighted by Crippen LogP contribution is 2.33. The van der Waals surface area contributed by atoms with Gasteiger partial charge >= 0.3 is 0 Å². The van der Waals surface area contributed by atoms with Crippen molar-refractivity contribution in [3.8, 4) is 11.5 Å². The van der Waals surface area contributed by atoms with E-state index in [1.807, 2.05) is 0 Å². The van der Waals surface area contributed by atoms with Gasteiger partial charge in [0.1, 0.15) is 13.2 Å². The van der Waals surface area contributed by atoms with Crippen LogP contribution in [0.15, 0.2) is 46.8 Å². The molecule has 1 aliphatic rings. The van der Waals surface area contributed by atoms with Crippen LogP contribution in [-0.2, 0) is 4.79 Å². The first kappa shape index (κ1) is 21.5.